The topological polar surface area (TPSA) is 24.5 Å². The highest BCUT2D eigenvalue weighted by molar-refractivity contribution is 5.27. The molecule has 0 atom stereocenters. The molecule has 1 aromatic rings. The first kappa shape index (κ1) is 16.5. The van der Waals surface area contributed by atoms with Crippen LogP contribution in [-0.2, 0) is 16.7 Å². The fourth-order valence-electron chi connectivity index (χ4n) is 2.61. The summed E-state index contributed by atoms with van der Waals surface area (Å²) in [4.78, 5) is 2.49. The van der Waals surface area contributed by atoms with E-state index in [0.29, 0.717) is 0 Å². The van der Waals surface area contributed by atoms with Crippen molar-refractivity contribution in [2.75, 3.05) is 39.4 Å². The summed E-state index contributed by atoms with van der Waals surface area (Å²) < 4.78 is 5.36. The number of morpholine rings is 1. The third-order valence-electron chi connectivity index (χ3n) is 4.08. The van der Waals surface area contributed by atoms with Crippen molar-refractivity contribution in [1.82, 2.24) is 10.2 Å². The molecule has 0 spiro atoms. The average Bonchev–Trinajstić information content (AvgIpc) is 2.47. The molecule has 0 bridgehead atoms. The zero-order valence-electron chi connectivity index (χ0n) is 13.8. The van der Waals surface area contributed by atoms with Crippen LogP contribution in [0.2, 0.25) is 0 Å². The van der Waals surface area contributed by atoms with Crippen LogP contribution in [0, 0.1) is 0 Å². The Bertz CT molecular complexity index is 402. The zero-order chi connectivity index (χ0) is 15.1. The van der Waals surface area contributed by atoms with Gasteiger partial charge in [-0.05, 0) is 36.1 Å². The third kappa shape index (κ3) is 5.77. The standard InChI is InChI=1S/C18H30N2O/c1-18(2,3)17-7-5-16(6-8-17)15-19-9-4-10-20-11-13-21-14-12-20/h5-8,19H,4,9-15H2,1-3H3. The first-order valence-corrected chi connectivity index (χ1v) is 8.16. The number of nitrogens with one attached hydrogen (secondary N) is 1. The van der Waals surface area contributed by atoms with E-state index >= 15 is 0 Å². The smallest absolute Gasteiger partial charge is 0.0594 e. The summed E-state index contributed by atoms with van der Waals surface area (Å²) in [5, 5.41) is 3.54. The summed E-state index contributed by atoms with van der Waals surface area (Å²) in [6, 6.07) is 9.00. The van der Waals surface area contributed by atoms with Crippen molar-refractivity contribution in [3.63, 3.8) is 0 Å². The molecule has 1 aliphatic rings. The lowest BCUT2D eigenvalue weighted by Gasteiger charge is -2.26. The predicted octanol–water partition coefficient (Wildman–Crippen LogP) is 2.80. The van der Waals surface area contributed by atoms with Gasteiger partial charge in [-0.25, -0.2) is 0 Å². The Morgan fingerprint density at radius 3 is 2.38 bits per heavy atom. The second-order valence-electron chi connectivity index (χ2n) is 6.93. The van der Waals surface area contributed by atoms with Crippen LogP contribution in [0.25, 0.3) is 0 Å². The first-order valence-electron chi connectivity index (χ1n) is 8.16. The van der Waals surface area contributed by atoms with Crippen molar-refractivity contribution in [1.29, 1.82) is 0 Å². The van der Waals surface area contributed by atoms with Gasteiger partial charge in [-0.2, -0.15) is 0 Å². The molecule has 2 rings (SSSR count). The van der Waals surface area contributed by atoms with Crippen molar-refractivity contribution in [2.45, 2.75) is 39.2 Å². The lowest BCUT2D eigenvalue weighted by molar-refractivity contribution is 0.0374. The molecule has 0 aliphatic carbocycles. The van der Waals surface area contributed by atoms with E-state index in [1.165, 1.54) is 24.1 Å². The number of hydrogen-bond donors (Lipinski definition) is 1. The molecule has 3 nitrogen and oxygen atoms in total. The van der Waals surface area contributed by atoms with Gasteiger partial charge in [0.25, 0.3) is 0 Å². The maximum absolute atomic E-state index is 5.36. The van der Waals surface area contributed by atoms with Crippen LogP contribution < -0.4 is 5.32 Å². The van der Waals surface area contributed by atoms with Crippen molar-refractivity contribution in [3.05, 3.63) is 35.4 Å². The van der Waals surface area contributed by atoms with Crippen LogP contribution in [-0.4, -0.2) is 44.3 Å². The van der Waals surface area contributed by atoms with E-state index in [9.17, 15) is 0 Å². The van der Waals surface area contributed by atoms with E-state index in [2.05, 4.69) is 55.3 Å². The number of benzene rings is 1. The van der Waals surface area contributed by atoms with Crippen molar-refractivity contribution in [2.24, 2.45) is 0 Å². The maximum atomic E-state index is 5.36. The van der Waals surface area contributed by atoms with E-state index in [1.54, 1.807) is 0 Å². The molecule has 0 unspecified atom stereocenters. The van der Waals surface area contributed by atoms with Gasteiger partial charge >= 0.3 is 0 Å². The van der Waals surface area contributed by atoms with Crippen molar-refractivity contribution in [3.8, 4) is 0 Å². The molecule has 1 aliphatic heterocycles. The van der Waals surface area contributed by atoms with Crippen LogP contribution in [0.4, 0.5) is 0 Å². The molecule has 1 aromatic carbocycles. The van der Waals surface area contributed by atoms with E-state index in [0.717, 1.165) is 39.4 Å². The molecule has 118 valence electrons. The molecule has 1 N–H and O–H groups in total. The van der Waals surface area contributed by atoms with Crippen LogP contribution in [0.15, 0.2) is 24.3 Å². The van der Waals surface area contributed by atoms with Gasteiger partial charge < -0.3 is 10.1 Å². The van der Waals surface area contributed by atoms with Gasteiger partial charge in [0.2, 0.25) is 0 Å². The Balaban J connectivity index is 1.62. The monoisotopic (exact) mass is 290 g/mol. The zero-order valence-corrected chi connectivity index (χ0v) is 13.8. The van der Waals surface area contributed by atoms with Gasteiger partial charge in [-0.15, -0.1) is 0 Å². The second-order valence-corrected chi connectivity index (χ2v) is 6.93. The molecular weight excluding hydrogens is 260 g/mol. The molecule has 0 aromatic heterocycles. The SMILES string of the molecule is CC(C)(C)c1ccc(CNCCCN2CCOCC2)cc1. The number of nitrogens with zero attached hydrogens (tertiary/aromatic N) is 1. The summed E-state index contributed by atoms with van der Waals surface area (Å²) in [5.41, 5.74) is 3.01. The molecule has 0 radical (unpaired) electrons. The third-order valence-corrected chi connectivity index (χ3v) is 4.08. The highest BCUT2D eigenvalue weighted by Gasteiger charge is 2.12. The van der Waals surface area contributed by atoms with E-state index in [-0.39, 0.29) is 5.41 Å². The highest BCUT2D eigenvalue weighted by atomic mass is 16.5. The van der Waals surface area contributed by atoms with E-state index in [4.69, 9.17) is 4.74 Å². The quantitative estimate of drug-likeness (QED) is 0.815. The summed E-state index contributed by atoms with van der Waals surface area (Å²) in [7, 11) is 0. The van der Waals surface area contributed by atoms with Crippen LogP contribution >= 0.6 is 0 Å². The minimum Gasteiger partial charge on any atom is -0.379 e. The molecular formula is C18H30N2O. The lowest BCUT2D eigenvalue weighted by Crippen LogP contribution is -2.37. The van der Waals surface area contributed by atoms with Gasteiger partial charge in [0.05, 0.1) is 13.2 Å². The van der Waals surface area contributed by atoms with E-state index in [1.807, 2.05) is 0 Å². The number of rotatable bonds is 6. The number of hydrogen-bond acceptors (Lipinski definition) is 3. The highest BCUT2D eigenvalue weighted by Crippen LogP contribution is 2.22. The number of ether oxygens (including phenoxy) is 1. The molecule has 0 saturated carbocycles. The van der Waals surface area contributed by atoms with Gasteiger partial charge in [-0.3, -0.25) is 4.90 Å². The molecule has 1 saturated heterocycles. The Morgan fingerprint density at radius 1 is 1.10 bits per heavy atom. The first-order chi connectivity index (χ1) is 10.1. The van der Waals surface area contributed by atoms with Gasteiger partial charge in [0.1, 0.15) is 0 Å². The molecule has 1 fully saturated rings. The summed E-state index contributed by atoms with van der Waals surface area (Å²) in [6.45, 7) is 14.0. The van der Waals surface area contributed by atoms with Crippen molar-refractivity contribution >= 4 is 0 Å². The Labute approximate surface area is 129 Å². The predicted molar refractivity (Wildman–Crippen MR) is 88.7 cm³/mol. The van der Waals surface area contributed by atoms with Gasteiger partial charge in [0.15, 0.2) is 0 Å². The minimum absolute atomic E-state index is 0.240. The molecule has 21 heavy (non-hydrogen) atoms. The normalized spacial score (nSPS) is 17.1. The molecule has 1 heterocycles. The largest absolute Gasteiger partial charge is 0.379 e. The fraction of sp³-hybridized carbons (Fsp3) is 0.667. The van der Waals surface area contributed by atoms with Crippen LogP contribution in [0.1, 0.15) is 38.3 Å². The van der Waals surface area contributed by atoms with Gasteiger partial charge in [-0.1, -0.05) is 45.0 Å². The van der Waals surface area contributed by atoms with E-state index < -0.39 is 0 Å². The van der Waals surface area contributed by atoms with Crippen LogP contribution in [0.3, 0.4) is 0 Å². The summed E-state index contributed by atoms with van der Waals surface area (Å²) in [6.07, 6.45) is 1.21. The van der Waals surface area contributed by atoms with Gasteiger partial charge in [0, 0.05) is 19.6 Å². The van der Waals surface area contributed by atoms with Crippen LogP contribution in [0.5, 0.6) is 0 Å². The lowest BCUT2D eigenvalue weighted by atomic mass is 9.87. The minimum atomic E-state index is 0.240. The molecule has 3 heteroatoms. The summed E-state index contributed by atoms with van der Waals surface area (Å²) >= 11 is 0. The Kier molecular flexibility index (Phi) is 6.22. The molecule has 0 amide bonds. The summed E-state index contributed by atoms with van der Waals surface area (Å²) in [5.74, 6) is 0. The second kappa shape index (κ2) is 7.92. The van der Waals surface area contributed by atoms with Crippen molar-refractivity contribution < 1.29 is 4.74 Å². The Hall–Kier alpha value is -0.900. The average molecular weight is 290 g/mol. The maximum Gasteiger partial charge on any atom is 0.0594 e. The Morgan fingerprint density at radius 2 is 1.76 bits per heavy atom. The fourth-order valence-corrected chi connectivity index (χ4v) is 2.61.